The van der Waals surface area contributed by atoms with E-state index in [-0.39, 0.29) is 12.5 Å². The third kappa shape index (κ3) is 3.11. The number of hydrogen-bond donors (Lipinski definition) is 2. The summed E-state index contributed by atoms with van der Waals surface area (Å²) in [6.45, 7) is 0.247. The normalized spacial score (nSPS) is 20.6. The van der Waals surface area contributed by atoms with Crippen molar-refractivity contribution in [2.45, 2.75) is 24.9 Å². The number of aliphatic hydroxyl groups is 1. The SMILES string of the molecule is O=C(NC[C@@]1(O)CCc2ccccc2C1)c1ccccn1. The van der Waals surface area contributed by atoms with Crippen LogP contribution in [0.3, 0.4) is 0 Å². The average Bonchev–Trinajstić information content (AvgIpc) is 2.53. The van der Waals surface area contributed by atoms with Gasteiger partial charge in [0, 0.05) is 19.2 Å². The molecule has 2 N–H and O–H groups in total. The second-order valence-electron chi connectivity index (χ2n) is 5.57. The van der Waals surface area contributed by atoms with Crippen LogP contribution >= 0.6 is 0 Å². The van der Waals surface area contributed by atoms with Crippen LogP contribution in [-0.4, -0.2) is 28.1 Å². The van der Waals surface area contributed by atoms with E-state index in [0.717, 1.165) is 6.42 Å². The topological polar surface area (TPSA) is 62.2 Å². The van der Waals surface area contributed by atoms with Crippen LogP contribution in [0.4, 0.5) is 0 Å². The van der Waals surface area contributed by atoms with Crippen molar-refractivity contribution < 1.29 is 9.90 Å². The van der Waals surface area contributed by atoms with Gasteiger partial charge < -0.3 is 10.4 Å². The molecule has 4 nitrogen and oxygen atoms in total. The molecule has 0 spiro atoms. The lowest BCUT2D eigenvalue weighted by atomic mass is 9.80. The Morgan fingerprint density at radius 2 is 1.95 bits per heavy atom. The molecule has 0 radical (unpaired) electrons. The van der Waals surface area contributed by atoms with E-state index in [4.69, 9.17) is 0 Å². The maximum absolute atomic E-state index is 12.0. The molecule has 2 aromatic rings. The molecule has 0 unspecified atom stereocenters. The van der Waals surface area contributed by atoms with Crippen LogP contribution in [0.1, 0.15) is 28.0 Å². The fourth-order valence-corrected chi connectivity index (χ4v) is 2.77. The number of aryl methyl sites for hydroxylation is 1. The number of benzene rings is 1. The Kier molecular flexibility index (Phi) is 3.71. The number of hydrogen-bond acceptors (Lipinski definition) is 3. The van der Waals surface area contributed by atoms with Gasteiger partial charge in [0.2, 0.25) is 0 Å². The van der Waals surface area contributed by atoms with Gasteiger partial charge in [0.1, 0.15) is 5.69 Å². The van der Waals surface area contributed by atoms with Crippen LogP contribution in [0.15, 0.2) is 48.7 Å². The maximum Gasteiger partial charge on any atom is 0.269 e. The van der Waals surface area contributed by atoms with Gasteiger partial charge in [0.15, 0.2) is 0 Å². The Balaban J connectivity index is 1.65. The number of nitrogens with one attached hydrogen (secondary N) is 1. The molecular weight excluding hydrogens is 264 g/mol. The van der Waals surface area contributed by atoms with Gasteiger partial charge in [-0.25, -0.2) is 0 Å². The number of rotatable bonds is 3. The highest BCUT2D eigenvalue weighted by molar-refractivity contribution is 5.92. The van der Waals surface area contributed by atoms with Gasteiger partial charge in [0.25, 0.3) is 5.91 Å². The molecule has 1 aliphatic carbocycles. The second-order valence-corrected chi connectivity index (χ2v) is 5.57. The van der Waals surface area contributed by atoms with Gasteiger partial charge in [-0.05, 0) is 36.1 Å². The molecule has 0 saturated carbocycles. The van der Waals surface area contributed by atoms with Crippen molar-refractivity contribution in [3.8, 4) is 0 Å². The molecular formula is C17H18N2O2. The highest BCUT2D eigenvalue weighted by Gasteiger charge is 2.32. The number of nitrogens with zero attached hydrogens (tertiary/aromatic N) is 1. The first kappa shape index (κ1) is 13.8. The Bertz CT molecular complexity index is 642. The lowest BCUT2D eigenvalue weighted by Gasteiger charge is -2.33. The minimum atomic E-state index is -0.876. The highest BCUT2D eigenvalue weighted by Crippen LogP contribution is 2.28. The van der Waals surface area contributed by atoms with Crippen molar-refractivity contribution in [1.29, 1.82) is 0 Å². The monoisotopic (exact) mass is 282 g/mol. The van der Waals surface area contributed by atoms with E-state index in [1.807, 2.05) is 18.2 Å². The molecule has 1 aromatic heterocycles. The fourth-order valence-electron chi connectivity index (χ4n) is 2.77. The zero-order chi connectivity index (χ0) is 14.7. The molecule has 0 saturated heterocycles. The van der Waals surface area contributed by atoms with E-state index in [0.29, 0.717) is 18.5 Å². The summed E-state index contributed by atoms with van der Waals surface area (Å²) < 4.78 is 0. The van der Waals surface area contributed by atoms with Gasteiger partial charge in [0.05, 0.1) is 5.60 Å². The van der Waals surface area contributed by atoms with Crippen molar-refractivity contribution >= 4 is 5.91 Å². The molecule has 1 atom stereocenters. The Labute approximate surface area is 123 Å². The van der Waals surface area contributed by atoms with Crippen molar-refractivity contribution in [1.82, 2.24) is 10.3 Å². The molecule has 0 fully saturated rings. The first-order valence-corrected chi connectivity index (χ1v) is 7.15. The molecule has 1 aliphatic rings. The van der Waals surface area contributed by atoms with Gasteiger partial charge >= 0.3 is 0 Å². The van der Waals surface area contributed by atoms with Crippen molar-refractivity contribution in [3.63, 3.8) is 0 Å². The molecule has 1 heterocycles. The zero-order valence-corrected chi connectivity index (χ0v) is 11.7. The highest BCUT2D eigenvalue weighted by atomic mass is 16.3. The van der Waals surface area contributed by atoms with E-state index < -0.39 is 5.60 Å². The minimum absolute atomic E-state index is 0.247. The Hall–Kier alpha value is -2.20. The summed E-state index contributed by atoms with van der Waals surface area (Å²) in [4.78, 5) is 16.0. The van der Waals surface area contributed by atoms with Crippen LogP contribution in [0.5, 0.6) is 0 Å². The van der Waals surface area contributed by atoms with Gasteiger partial charge in [-0.1, -0.05) is 30.3 Å². The van der Waals surface area contributed by atoms with Gasteiger partial charge in [-0.15, -0.1) is 0 Å². The zero-order valence-electron chi connectivity index (χ0n) is 11.7. The molecule has 4 heteroatoms. The number of aromatic nitrogens is 1. The van der Waals surface area contributed by atoms with Crippen LogP contribution in [0, 0.1) is 0 Å². The molecule has 0 bridgehead atoms. The van der Waals surface area contributed by atoms with Crippen molar-refractivity contribution in [2.24, 2.45) is 0 Å². The maximum atomic E-state index is 12.0. The van der Waals surface area contributed by atoms with E-state index in [1.165, 1.54) is 11.1 Å². The second kappa shape index (κ2) is 5.66. The van der Waals surface area contributed by atoms with E-state index in [2.05, 4.69) is 16.4 Å². The number of amides is 1. The molecule has 21 heavy (non-hydrogen) atoms. The molecule has 1 aromatic carbocycles. The number of carbonyl (C=O) groups excluding carboxylic acids is 1. The number of pyridine rings is 1. The number of carbonyl (C=O) groups is 1. The third-order valence-corrected chi connectivity index (χ3v) is 3.97. The summed E-state index contributed by atoms with van der Waals surface area (Å²) in [7, 11) is 0. The van der Waals surface area contributed by atoms with Gasteiger partial charge in [-0.3, -0.25) is 9.78 Å². The molecule has 1 amide bonds. The Morgan fingerprint density at radius 1 is 1.19 bits per heavy atom. The summed E-state index contributed by atoms with van der Waals surface area (Å²) in [5, 5.41) is 13.5. The molecule has 108 valence electrons. The molecule has 0 aliphatic heterocycles. The summed E-state index contributed by atoms with van der Waals surface area (Å²) in [5.74, 6) is -0.247. The summed E-state index contributed by atoms with van der Waals surface area (Å²) in [6, 6.07) is 13.3. The summed E-state index contributed by atoms with van der Waals surface area (Å²) in [5.41, 5.74) is 1.95. The van der Waals surface area contributed by atoms with Crippen LogP contribution < -0.4 is 5.32 Å². The van der Waals surface area contributed by atoms with Crippen LogP contribution in [-0.2, 0) is 12.8 Å². The van der Waals surface area contributed by atoms with E-state index >= 15 is 0 Å². The Morgan fingerprint density at radius 3 is 2.71 bits per heavy atom. The van der Waals surface area contributed by atoms with Crippen molar-refractivity contribution in [2.75, 3.05) is 6.54 Å². The van der Waals surface area contributed by atoms with Crippen LogP contribution in [0.25, 0.3) is 0 Å². The average molecular weight is 282 g/mol. The van der Waals surface area contributed by atoms with E-state index in [1.54, 1.807) is 24.4 Å². The number of fused-ring (bicyclic) bond motifs is 1. The van der Waals surface area contributed by atoms with Crippen molar-refractivity contribution in [3.05, 3.63) is 65.5 Å². The minimum Gasteiger partial charge on any atom is -0.388 e. The first-order chi connectivity index (χ1) is 10.2. The fraction of sp³-hybridized carbons (Fsp3) is 0.294. The standard InChI is InChI=1S/C17H18N2O2/c20-16(15-7-3-4-10-18-15)19-12-17(21)9-8-13-5-1-2-6-14(13)11-17/h1-7,10,21H,8-9,11-12H2,(H,19,20)/t17-/m1/s1. The lowest BCUT2D eigenvalue weighted by Crippen LogP contribution is -2.46. The van der Waals surface area contributed by atoms with Crippen LogP contribution in [0.2, 0.25) is 0 Å². The summed E-state index contributed by atoms with van der Waals surface area (Å²) in [6.07, 6.45) is 3.66. The quantitative estimate of drug-likeness (QED) is 0.901. The smallest absolute Gasteiger partial charge is 0.269 e. The lowest BCUT2D eigenvalue weighted by molar-refractivity contribution is 0.0259. The largest absolute Gasteiger partial charge is 0.388 e. The van der Waals surface area contributed by atoms with Gasteiger partial charge in [-0.2, -0.15) is 0 Å². The molecule has 3 rings (SSSR count). The first-order valence-electron chi connectivity index (χ1n) is 7.15. The predicted octanol–water partition coefficient (Wildman–Crippen LogP) is 1.73. The summed E-state index contributed by atoms with van der Waals surface area (Å²) >= 11 is 0. The predicted molar refractivity (Wildman–Crippen MR) is 80.0 cm³/mol. The third-order valence-electron chi connectivity index (χ3n) is 3.97. The van der Waals surface area contributed by atoms with E-state index in [9.17, 15) is 9.90 Å².